The molecule has 26 heavy (non-hydrogen) atoms. The number of ether oxygens (including phenoxy) is 1. The summed E-state index contributed by atoms with van der Waals surface area (Å²) in [5.74, 6) is 0.434. The number of nitrogens with one attached hydrogen (secondary N) is 1. The average molecular weight is 377 g/mol. The molecule has 0 saturated heterocycles. The second-order valence-electron chi connectivity index (χ2n) is 6.07. The maximum Gasteiger partial charge on any atom is 0.262 e. The number of thiophene rings is 1. The van der Waals surface area contributed by atoms with Crippen molar-refractivity contribution < 1.29 is 14.3 Å². The van der Waals surface area contributed by atoms with Crippen LogP contribution in [0.5, 0.6) is 5.75 Å². The Morgan fingerprint density at radius 3 is 2.38 bits per heavy atom. The number of para-hydroxylation sites is 1. The summed E-state index contributed by atoms with van der Waals surface area (Å²) in [5, 5.41) is 3.37. The number of aryl methyl sites for hydroxylation is 3. The summed E-state index contributed by atoms with van der Waals surface area (Å²) >= 11 is 1.39. The van der Waals surface area contributed by atoms with Crippen molar-refractivity contribution in [2.24, 2.45) is 5.73 Å². The van der Waals surface area contributed by atoms with E-state index in [1.54, 1.807) is 0 Å². The molecule has 0 saturated carbocycles. The number of nitrogens with two attached hydrogens (primary N) is 1. The van der Waals surface area contributed by atoms with Crippen LogP contribution in [0.15, 0.2) is 24.3 Å². The van der Waals surface area contributed by atoms with E-state index < -0.39 is 6.04 Å². The Kier molecular flexibility index (Phi) is 9.02. The molecule has 1 aromatic heterocycles. The summed E-state index contributed by atoms with van der Waals surface area (Å²) in [4.78, 5) is 24.0. The molecule has 0 aliphatic rings. The van der Waals surface area contributed by atoms with Crippen molar-refractivity contribution in [3.05, 3.63) is 45.8 Å². The number of hydrogen-bond acceptors (Lipinski definition) is 5. The molecule has 0 fully saturated rings. The highest BCUT2D eigenvalue weighted by Gasteiger charge is 2.16. The van der Waals surface area contributed by atoms with Gasteiger partial charge in [-0.2, -0.15) is 0 Å². The monoisotopic (exact) mass is 376 g/mol. The van der Waals surface area contributed by atoms with Gasteiger partial charge in [-0.25, -0.2) is 0 Å². The predicted octanol–water partition coefficient (Wildman–Crippen LogP) is 4.31. The van der Waals surface area contributed by atoms with Gasteiger partial charge in [-0.05, 0) is 38.0 Å². The molecule has 142 valence electrons. The van der Waals surface area contributed by atoms with Gasteiger partial charge in [0.15, 0.2) is 6.61 Å². The Balaban J connectivity index is 0.00000105. The van der Waals surface area contributed by atoms with E-state index in [4.69, 9.17) is 10.5 Å². The minimum absolute atomic E-state index is 0.0988. The van der Waals surface area contributed by atoms with E-state index in [1.807, 2.05) is 45.0 Å². The van der Waals surface area contributed by atoms with Crippen LogP contribution in [-0.2, 0) is 9.59 Å². The molecule has 3 N–H and O–H groups in total. The van der Waals surface area contributed by atoms with Crippen molar-refractivity contribution in [1.82, 2.24) is 0 Å². The van der Waals surface area contributed by atoms with Gasteiger partial charge in [0, 0.05) is 10.4 Å². The quantitative estimate of drug-likeness (QED) is 0.736. The van der Waals surface area contributed by atoms with Crippen LogP contribution < -0.4 is 15.8 Å². The Morgan fingerprint density at radius 2 is 1.85 bits per heavy atom. The first-order valence-electron chi connectivity index (χ1n) is 8.64. The number of hydrogen-bond donors (Lipinski definition) is 2. The minimum atomic E-state index is -0.741. The molecule has 1 atom stereocenters. The fourth-order valence-corrected chi connectivity index (χ4v) is 3.27. The van der Waals surface area contributed by atoms with Crippen LogP contribution in [0.4, 0.5) is 5.00 Å². The first kappa shape index (κ1) is 21.9. The third kappa shape index (κ3) is 6.28. The summed E-state index contributed by atoms with van der Waals surface area (Å²) in [6.07, 6.45) is 1.91. The van der Waals surface area contributed by atoms with Gasteiger partial charge in [-0.3, -0.25) is 4.79 Å². The van der Waals surface area contributed by atoms with Crippen LogP contribution in [0.3, 0.4) is 0 Å². The van der Waals surface area contributed by atoms with Gasteiger partial charge in [-0.15, -0.1) is 11.3 Å². The fourth-order valence-electron chi connectivity index (χ4n) is 2.28. The van der Waals surface area contributed by atoms with Crippen LogP contribution in [0.25, 0.3) is 0 Å². The second kappa shape index (κ2) is 10.7. The normalized spacial score (nSPS) is 11.2. The van der Waals surface area contributed by atoms with Crippen molar-refractivity contribution >= 4 is 28.5 Å². The number of anilines is 1. The molecule has 6 heteroatoms. The number of amides is 1. The maximum absolute atomic E-state index is 12.1. The third-order valence-corrected chi connectivity index (χ3v) is 4.38. The summed E-state index contributed by atoms with van der Waals surface area (Å²) in [6.45, 7) is 9.92. The Morgan fingerprint density at radius 1 is 1.27 bits per heavy atom. The van der Waals surface area contributed by atoms with Gasteiger partial charge in [0.05, 0.1) is 6.04 Å². The molecule has 0 radical (unpaired) electrons. The molecule has 2 rings (SSSR count). The van der Waals surface area contributed by atoms with Crippen LogP contribution >= 0.6 is 11.3 Å². The summed E-state index contributed by atoms with van der Waals surface area (Å²) < 4.78 is 5.63. The predicted molar refractivity (Wildman–Crippen MR) is 108 cm³/mol. The van der Waals surface area contributed by atoms with E-state index in [-0.39, 0.29) is 12.5 Å². The molecule has 1 amide bonds. The maximum atomic E-state index is 12.1. The smallest absolute Gasteiger partial charge is 0.262 e. The zero-order valence-corrected chi connectivity index (χ0v) is 16.9. The van der Waals surface area contributed by atoms with Crippen LogP contribution in [-0.4, -0.2) is 18.8 Å². The molecule has 0 bridgehead atoms. The summed E-state index contributed by atoms with van der Waals surface area (Å²) in [5.41, 5.74) is 8.33. The largest absolute Gasteiger partial charge is 0.483 e. The van der Waals surface area contributed by atoms with E-state index in [2.05, 4.69) is 19.2 Å². The Labute approximate surface area is 159 Å². The fraction of sp³-hybridized carbons (Fsp3) is 0.400. The van der Waals surface area contributed by atoms with Crippen molar-refractivity contribution in [1.29, 1.82) is 0 Å². The molecule has 0 aliphatic carbocycles. The van der Waals surface area contributed by atoms with E-state index in [9.17, 15) is 9.59 Å². The number of aldehydes is 1. The standard InChI is InChI=1S/C17H20N2O3S.C3H8/c1-10-5-4-6-11(2)16(10)22-9-15(21)19-17-13(14(18)8-20)7-12(3)23-17;1-3-2/h4-8,14H,9,18H2,1-3H3,(H,19,21);3H2,1-2H3. The lowest BCUT2D eigenvalue weighted by molar-refractivity contribution is -0.118. The highest BCUT2D eigenvalue weighted by Crippen LogP contribution is 2.31. The zero-order chi connectivity index (χ0) is 19.7. The van der Waals surface area contributed by atoms with E-state index in [1.165, 1.54) is 17.8 Å². The molecule has 0 spiro atoms. The number of rotatable bonds is 6. The lowest BCUT2D eigenvalue weighted by Crippen LogP contribution is -2.22. The molecule has 5 nitrogen and oxygen atoms in total. The Hall–Kier alpha value is -2.18. The van der Waals surface area contributed by atoms with E-state index >= 15 is 0 Å². The molecule has 1 unspecified atom stereocenters. The van der Waals surface area contributed by atoms with Gasteiger partial charge >= 0.3 is 0 Å². The van der Waals surface area contributed by atoms with Crippen molar-refractivity contribution in [2.75, 3.05) is 11.9 Å². The molecule has 1 heterocycles. The van der Waals surface area contributed by atoms with Crippen LogP contribution in [0.2, 0.25) is 0 Å². The van der Waals surface area contributed by atoms with Crippen LogP contribution in [0, 0.1) is 20.8 Å². The van der Waals surface area contributed by atoms with Gasteiger partial charge < -0.3 is 20.6 Å². The Bertz CT molecular complexity index is 720. The number of carbonyl (C=O) groups is 2. The van der Waals surface area contributed by atoms with Crippen molar-refractivity contribution in [3.63, 3.8) is 0 Å². The zero-order valence-electron chi connectivity index (χ0n) is 16.1. The van der Waals surface area contributed by atoms with Gasteiger partial charge in [0.25, 0.3) is 5.91 Å². The highest BCUT2D eigenvalue weighted by molar-refractivity contribution is 7.16. The van der Waals surface area contributed by atoms with E-state index in [0.29, 0.717) is 16.9 Å². The van der Waals surface area contributed by atoms with Crippen LogP contribution in [0.1, 0.15) is 47.9 Å². The minimum Gasteiger partial charge on any atom is -0.483 e. The SMILES string of the molecule is CCC.Cc1cc(C(N)C=O)c(NC(=O)COc2c(C)cccc2C)s1. The average Bonchev–Trinajstić information content (AvgIpc) is 2.94. The molecule has 0 aliphatic heterocycles. The number of carbonyl (C=O) groups excluding carboxylic acids is 2. The number of benzene rings is 1. The van der Waals surface area contributed by atoms with Crippen molar-refractivity contribution in [2.45, 2.75) is 47.1 Å². The first-order valence-corrected chi connectivity index (χ1v) is 9.45. The third-order valence-electron chi connectivity index (χ3n) is 3.40. The van der Waals surface area contributed by atoms with Gasteiger partial charge in [-0.1, -0.05) is 38.5 Å². The molecular formula is C20H28N2O3S. The first-order chi connectivity index (χ1) is 12.3. The van der Waals surface area contributed by atoms with Gasteiger partial charge in [0.2, 0.25) is 0 Å². The molecule has 1 aromatic carbocycles. The highest BCUT2D eigenvalue weighted by atomic mass is 32.1. The van der Waals surface area contributed by atoms with Gasteiger partial charge in [0.1, 0.15) is 17.0 Å². The summed E-state index contributed by atoms with van der Waals surface area (Å²) in [6, 6.07) is 6.88. The lowest BCUT2D eigenvalue weighted by Gasteiger charge is -2.12. The molecule has 2 aromatic rings. The van der Waals surface area contributed by atoms with Crippen molar-refractivity contribution in [3.8, 4) is 5.75 Å². The van der Waals surface area contributed by atoms with E-state index in [0.717, 1.165) is 21.8 Å². The second-order valence-corrected chi connectivity index (χ2v) is 7.32. The molecular weight excluding hydrogens is 348 g/mol. The lowest BCUT2D eigenvalue weighted by atomic mass is 10.1. The summed E-state index contributed by atoms with van der Waals surface area (Å²) in [7, 11) is 0. The topological polar surface area (TPSA) is 81.4 Å².